The van der Waals surface area contributed by atoms with Crippen molar-refractivity contribution in [3.63, 3.8) is 0 Å². The Bertz CT molecular complexity index is 252. The molecule has 0 amide bonds. The highest BCUT2D eigenvalue weighted by Crippen LogP contribution is 2.38. The van der Waals surface area contributed by atoms with Gasteiger partial charge >= 0.3 is 0 Å². The maximum atomic E-state index is 9.66. The van der Waals surface area contributed by atoms with Gasteiger partial charge in [0.15, 0.2) is 5.79 Å². The van der Waals surface area contributed by atoms with Crippen LogP contribution in [-0.4, -0.2) is 35.8 Å². The van der Waals surface area contributed by atoms with Gasteiger partial charge in [0.2, 0.25) is 0 Å². The monoisotopic (exact) mass is 199 g/mol. The molecule has 0 radical (unpaired) electrons. The van der Waals surface area contributed by atoms with Crippen LogP contribution < -0.4 is 5.73 Å². The Balaban J connectivity index is 2.09. The van der Waals surface area contributed by atoms with Gasteiger partial charge in [0.25, 0.3) is 0 Å². The molecule has 3 unspecified atom stereocenters. The Morgan fingerprint density at radius 1 is 1.43 bits per heavy atom. The van der Waals surface area contributed by atoms with Crippen LogP contribution in [0, 0.1) is 5.92 Å². The van der Waals surface area contributed by atoms with Crippen molar-refractivity contribution in [1.29, 1.82) is 0 Å². The smallest absolute Gasteiger partial charge is 0.164 e. The first-order chi connectivity index (χ1) is 6.53. The summed E-state index contributed by atoms with van der Waals surface area (Å²) in [7, 11) is 0. The highest BCUT2D eigenvalue weighted by molar-refractivity contribution is 5.14. The second kappa shape index (κ2) is 3.31. The summed E-state index contributed by atoms with van der Waals surface area (Å²) in [5.74, 6) is -0.584. The number of nitrogens with two attached hydrogens (primary N) is 1. The van der Waals surface area contributed by atoms with E-state index in [4.69, 9.17) is 15.2 Å². The Labute approximate surface area is 83.7 Å². The summed E-state index contributed by atoms with van der Waals surface area (Å²) >= 11 is 0. The predicted molar refractivity (Wildman–Crippen MR) is 51.5 cm³/mol. The summed E-state index contributed by atoms with van der Waals surface area (Å²) in [6.45, 7) is 4.01. The average Bonchev–Trinajstić information content (AvgIpc) is 2.58. The van der Waals surface area contributed by atoms with E-state index in [1.807, 2.05) is 26.0 Å². The summed E-state index contributed by atoms with van der Waals surface area (Å²) in [6.07, 6.45) is 3.23. The van der Waals surface area contributed by atoms with E-state index in [9.17, 15) is 5.11 Å². The Morgan fingerprint density at radius 2 is 2.14 bits per heavy atom. The molecule has 2 rings (SSSR count). The van der Waals surface area contributed by atoms with Gasteiger partial charge in [0.05, 0.1) is 12.2 Å². The summed E-state index contributed by atoms with van der Waals surface area (Å²) in [4.78, 5) is 0. The SMILES string of the molecule is CC1(C)OC2C=C[C@@H](C(O)CN)C2O1. The topological polar surface area (TPSA) is 64.7 Å². The molecule has 4 heteroatoms. The highest BCUT2D eigenvalue weighted by atomic mass is 16.8. The van der Waals surface area contributed by atoms with Crippen molar-refractivity contribution >= 4 is 0 Å². The summed E-state index contributed by atoms with van der Waals surface area (Å²) in [5, 5.41) is 9.66. The molecule has 1 aliphatic heterocycles. The molecular weight excluding hydrogens is 182 g/mol. The van der Waals surface area contributed by atoms with Crippen molar-refractivity contribution in [2.45, 2.75) is 37.9 Å². The molecule has 1 aliphatic carbocycles. The second-order valence-corrected chi connectivity index (χ2v) is 4.33. The summed E-state index contributed by atoms with van der Waals surface area (Å²) < 4.78 is 11.3. The van der Waals surface area contributed by atoms with Crippen LogP contribution in [0.4, 0.5) is 0 Å². The van der Waals surface area contributed by atoms with Crippen LogP contribution in [0.1, 0.15) is 13.8 Å². The molecule has 1 saturated heterocycles. The van der Waals surface area contributed by atoms with E-state index in [1.165, 1.54) is 0 Å². The van der Waals surface area contributed by atoms with Crippen LogP contribution in [0.25, 0.3) is 0 Å². The predicted octanol–water partition coefficient (Wildman–Crippen LogP) is 0.0121. The first-order valence-electron chi connectivity index (χ1n) is 4.95. The maximum absolute atomic E-state index is 9.66. The zero-order valence-electron chi connectivity index (χ0n) is 8.51. The zero-order chi connectivity index (χ0) is 10.3. The van der Waals surface area contributed by atoms with Gasteiger partial charge in [-0.3, -0.25) is 0 Å². The molecule has 0 aromatic heterocycles. The number of hydrogen-bond donors (Lipinski definition) is 2. The van der Waals surface area contributed by atoms with Gasteiger partial charge in [0, 0.05) is 12.5 Å². The number of rotatable bonds is 2. The molecule has 4 atom stereocenters. The molecule has 80 valence electrons. The largest absolute Gasteiger partial charge is 0.391 e. The average molecular weight is 199 g/mol. The van der Waals surface area contributed by atoms with Crippen molar-refractivity contribution in [3.05, 3.63) is 12.2 Å². The third kappa shape index (κ3) is 1.59. The van der Waals surface area contributed by atoms with Crippen LogP contribution in [0.3, 0.4) is 0 Å². The number of fused-ring (bicyclic) bond motifs is 1. The fraction of sp³-hybridized carbons (Fsp3) is 0.800. The van der Waals surface area contributed by atoms with Crippen LogP contribution in [-0.2, 0) is 9.47 Å². The van der Waals surface area contributed by atoms with Crippen molar-refractivity contribution < 1.29 is 14.6 Å². The molecule has 0 saturated carbocycles. The molecule has 0 aromatic rings. The molecule has 14 heavy (non-hydrogen) atoms. The molecule has 0 aromatic carbocycles. The Hall–Kier alpha value is -0.420. The lowest BCUT2D eigenvalue weighted by Gasteiger charge is -2.23. The summed E-state index contributed by atoms with van der Waals surface area (Å²) in [6, 6.07) is 0. The normalized spacial score (nSPS) is 41.3. The van der Waals surface area contributed by atoms with Gasteiger partial charge in [-0.1, -0.05) is 12.2 Å². The summed E-state index contributed by atoms with van der Waals surface area (Å²) in [5.41, 5.74) is 5.42. The van der Waals surface area contributed by atoms with E-state index in [1.54, 1.807) is 0 Å². The first-order valence-corrected chi connectivity index (χ1v) is 4.95. The van der Waals surface area contributed by atoms with E-state index in [2.05, 4.69) is 0 Å². The van der Waals surface area contributed by atoms with E-state index in [-0.39, 0.29) is 24.7 Å². The van der Waals surface area contributed by atoms with Crippen LogP contribution in [0.15, 0.2) is 12.2 Å². The molecule has 3 N–H and O–H groups in total. The standard InChI is InChI=1S/C10H17NO3/c1-10(2)13-8-4-3-6(7(12)5-11)9(8)14-10/h3-4,6-9,12H,5,11H2,1-2H3/t6-,7?,8?,9?/m0/s1. The minimum Gasteiger partial charge on any atom is -0.391 e. The fourth-order valence-corrected chi connectivity index (χ4v) is 2.12. The van der Waals surface area contributed by atoms with Crippen molar-refractivity contribution in [3.8, 4) is 0 Å². The van der Waals surface area contributed by atoms with Gasteiger partial charge in [-0.05, 0) is 13.8 Å². The highest BCUT2D eigenvalue weighted by Gasteiger charge is 2.47. The van der Waals surface area contributed by atoms with E-state index < -0.39 is 11.9 Å². The quantitative estimate of drug-likeness (QED) is 0.615. The van der Waals surface area contributed by atoms with Gasteiger partial charge in [-0.15, -0.1) is 0 Å². The van der Waals surface area contributed by atoms with Crippen molar-refractivity contribution in [2.75, 3.05) is 6.54 Å². The van der Waals surface area contributed by atoms with Crippen LogP contribution in [0.2, 0.25) is 0 Å². The Morgan fingerprint density at radius 3 is 2.79 bits per heavy atom. The fourth-order valence-electron chi connectivity index (χ4n) is 2.12. The van der Waals surface area contributed by atoms with Crippen LogP contribution >= 0.6 is 0 Å². The first kappa shape index (κ1) is 10.1. The van der Waals surface area contributed by atoms with Gasteiger partial charge in [0.1, 0.15) is 6.10 Å². The molecule has 0 spiro atoms. The number of aliphatic hydroxyl groups is 1. The van der Waals surface area contributed by atoms with E-state index in [0.717, 1.165) is 0 Å². The molecule has 4 nitrogen and oxygen atoms in total. The lowest BCUT2D eigenvalue weighted by Crippen LogP contribution is -2.37. The third-order valence-corrected chi connectivity index (χ3v) is 2.75. The minimum atomic E-state index is -0.549. The van der Waals surface area contributed by atoms with Gasteiger partial charge in [-0.2, -0.15) is 0 Å². The number of hydrogen-bond acceptors (Lipinski definition) is 4. The molecule has 1 fully saturated rings. The van der Waals surface area contributed by atoms with Gasteiger partial charge < -0.3 is 20.3 Å². The lowest BCUT2D eigenvalue weighted by molar-refractivity contribution is -0.151. The van der Waals surface area contributed by atoms with Crippen LogP contribution in [0.5, 0.6) is 0 Å². The third-order valence-electron chi connectivity index (χ3n) is 2.75. The van der Waals surface area contributed by atoms with E-state index >= 15 is 0 Å². The minimum absolute atomic E-state index is 0.0313. The lowest BCUT2D eigenvalue weighted by atomic mass is 9.99. The maximum Gasteiger partial charge on any atom is 0.164 e. The molecule has 1 heterocycles. The van der Waals surface area contributed by atoms with Crippen molar-refractivity contribution in [2.24, 2.45) is 11.7 Å². The zero-order valence-corrected chi connectivity index (χ0v) is 8.51. The number of aliphatic hydroxyl groups excluding tert-OH is 1. The number of ether oxygens (including phenoxy) is 2. The molecular formula is C10H17NO3. The van der Waals surface area contributed by atoms with E-state index in [0.29, 0.717) is 0 Å². The van der Waals surface area contributed by atoms with Crippen molar-refractivity contribution in [1.82, 2.24) is 0 Å². The molecule has 0 bridgehead atoms. The molecule has 2 aliphatic rings. The Kier molecular flexibility index (Phi) is 2.39. The second-order valence-electron chi connectivity index (χ2n) is 4.33. The van der Waals surface area contributed by atoms with Gasteiger partial charge in [-0.25, -0.2) is 0 Å².